The summed E-state index contributed by atoms with van der Waals surface area (Å²) in [6.07, 6.45) is 6.68. The van der Waals surface area contributed by atoms with E-state index in [4.69, 9.17) is 10.5 Å². The number of halogens is 1. The van der Waals surface area contributed by atoms with Crippen LogP contribution in [-0.4, -0.2) is 53.3 Å². The average molecular weight is 405 g/mol. The predicted molar refractivity (Wildman–Crippen MR) is 93.2 cm³/mol. The number of aromatic nitrogens is 2. The van der Waals surface area contributed by atoms with Gasteiger partial charge in [0.2, 0.25) is 0 Å². The highest BCUT2D eigenvalue weighted by atomic mass is 127. The fourth-order valence-corrected chi connectivity index (χ4v) is 2.77. The molecule has 0 spiro atoms. The summed E-state index contributed by atoms with van der Waals surface area (Å²) in [5.41, 5.74) is 7.14. The molecule has 2 aliphatic heterocycles. The van der Waals surface area contributed by atoms with Gasteiger partial charge in [-0.2, -0.15) is 0 Å². The van der Waals surface area contributed by atoms with E-state index in [0.717, 1.165) is 51.4 Å². The molecule has 0 aliphatic carbocycles. The zero-order chi connectivity index (χ0) is 13.8. The number of hydrogen-bond donors (Lipinski definition) is 1. The van der Waals surface area contributed by atoms with Crippen molar-refractivity contribution >= 4 is 29.9 Å². The van der Waals surface area contributed by atoms with E-state index in [1.54, 1.807) is 0 Å². The van der Waals surface area contributed by atoms with Crippen LogP contribution in [0.25, 0.3) is 0 Å². The molecule has 2 N–H and O–H groups in total. The number of nitrogens with zero attached hydrogens (tertiary/aromatic N) is 4. The van der Waals surface area contributed by atoms with E-state index in [9.17, 15) is 0 Å². The zero-order valence-electron chi connectivity index (χ0n) is 12.3. The van der Waals surface area contributed by atoms with Gasteiger partial charge >= 0.3 is 0 Å². The summed E-state index contributed by atoms with van der Waals surface area (Å²) in [7, 11) is 0. The van der Waals surface area contributed by atoms with Crippen LogP contribution in [0.4, 0.5) is 0 Å². The molecule has 0 unspecified atom stereocenters. The van der Waals surface area contributed by atoms with Gasteiger partial charge in [-0.3, -0.25) is 4.99 Å². The Hall–Kier alpha value is -0.830. The molecular formula is C14H24IN5O. The summed E-state index contributed by atoms with van der Waals surface area (Å²) in [6, 6.07) is 0. The second-order valence-electron chi connectivity index (χ2n) is 5.39. The lowest BCUT2D eigenvalue weighted by Gasteiger charge is -2.27. The Kier molecular flexibility index (Phi) is 6.28. The first-order valence-corrected chi connectivity index (χ1v) is 7.50. The van der Waals surface area contributed by atoms with Gasteiger partial charge in [0.25, 0.3) is 0 Å². The minimum absolute atomic E-state index is 0. The molecule has 0 atom stereocenters. The Labute approximate surface area is 142 Å². The van der Waals surface area contributed by atoms with Crippen LogP contribution in [0.15, 0.2) is 11.2 Å². The lowest BCUT2D eigenvalue weighted by molar-refractivity contribution is 0.0674. The number of rotatable bonds is 3. The van der Waals surface area contributed by atoms with Crippen molar-refractivity contribution in [1.29, 1.82) is 0 Å². The number of ether oxygens (including phenoxy) is 1. The first kappa shape index (κ1) is 16.5. The van der Waals surface area contributed by atoms with Gasteiger partial charge in [0.1, 0.15) is 5.82 Å². The van der Waals surface area contributed by atoms with Crippen molar-refractivity contribution in [2.24, 2.45) is 10.7 Å². The maximum atomic E-state index is 6.00. The molecule has 0 radical (unpaired) electrons. The van der Waals surface area contributed by atoms with Crippen LogP contribution in [0, 0.1) is 0 Å². The minimum Gasteiger partial charge on any atom is -0.378 e. The van der Waals surface area contributed by atoms with Crippen molar-refractivity contribution < 1.29 is 4.74 Å². The van der Waals surface area contributed by atoms with Crippen LogP contribution in [0.1, 0.15) is 24.4 Å². The standard InChI is InChI=1S/C14H23N5O.HI/c15-14(18-7-9-20-10-8-18)16-5-4-12-11-19-6-2-1-3-13(19)17-12;/h11H,1-10H2,(H2,15,16);1H. The van der Waals surface area contributed by atoms with Gasteiger partial charge in [-0.1, -0.05) is 0 Å². The molecule has 0 aromatic carbocycles. The molecule has 1 aromatic rings. The van der Waals surface area contributed by atoms with Crippen molar-refractivity contribution in [3.8, 4) is 0 Å². The van der Waals surface area contributed by atoms with E-state index >= 15 is 0 Å². The van der Waals surface area contributed by atoms with Crippen LogP contribution in [0.5, 0.6) is 0 Å². The highest BCUT2D eigenvalue weighted by Crippen LogP contribution is 2.14. The first-order valence-electron chi connectivity index (χ1n) is 7.50. The fourth-order valence-electron chi connectivity index (χ4n) is 2.77. The molecule has 6 nitrogen and oxygen atoms in total. The maximum absolute atomic E-state index is 6.00. The number of aryl methyl sites for hydroxylation is 2. The van der Waals surface area contributed by atoms with Gasteiger partial charge in [0.05, 0.1) is 18.9 Å². The Morgan fingerprint density at radius 2 is 2.10 bits per heavy atom. The number of aliphatic imine (C=N–C) groups is 1. The van der Waals surface area contributed by atoms with Gasteiger partial charge in [0.15, 0.2) is 5.96 Å². The van der Waals surface area contributed by atoms with Crippen LogP contribution < -0.4 is 5.73 Å². The lowest BCUT2D eigenvalue weighted by Crippen LogP contribution is -2.44. The molecule has 2 aliphatic rings. The van der Waals surface area contributed by atoms with Crippen molar-refractivity contribution in [1.82, 2.24) is 14.5 Å². The Morgan fingerprint density at radius 1 is 1.29 bits per heavy atom. The van der Waals surface area contributed by atoms with Crippen molar-refractivity contribution in [2.45, 2.75) is 32.2 Å². The number of fused-ring (bicyclic) bond motifs is 1. The average Bonchev–Trinajstić information content (AvgIpc) is 2.90. The van der Waals surface area contributed by atoms with E-state index < -0.39 is 0 Å². The monoisotopic (exact) mass is 405 g/mol. The van der Waals surface area contributed by atoms with E-state index in [1.165, 1.54) is 18.7 Å². The highest BCUT2D eigenvalue weighted by molar-refractivity contribution is 14.0. The Bertz CT molecular complexity index is 458. The van der Waals surface area contributed by atoms with Crippen molar-refractivity contribution in [3.05, 3.63) is 17.7 Å². The minimum atomic E-state index is 0. The molecule has 1 fully saturated rings. The van der Waals surface area contributed by atoms with Crippen LogP contribution in [-0.2, 0) is 24.1 Å². The van der Waals surface area contributed by atoms with E-state index in [0.29, 0.717) is 12.5 Å². The summed E-state index contributed by atoms with van der Waals surface area (Å²) < 4.78 is 7.59. The van der Waals surface area contributed by atoms with Crippen molar-refractivity contribution in [3.63, 3.8) is 0 Å². The molecule has 0 saturated carbocycles. The van der Waals surface area contributed by atoms with Crippen LogP contribution in [0.2, 0.25) is 0 Å². The van der Waals surface area contributed by atoms with Gasteiger partial charge in [-0.25, -0.2) is 4.98 Å². The predicted octanol–water partition coefficient (Wildman–Crippen LogP) is 1.03. The summed E-state index contributed by atoms with van der Waals surface area (Å²) in [4.78, 5) is 11.2. The zero-order valence-corrected chi connectivity index (χ0v) is 14.7. The first-order chi connectivity index (χ1) is 9.83. The third kappa shape index (κ3) is 4.32. The summed E-state index contributed by atoms with van der Waals surface area (Å²) in [5, 5.41) is 0. The van der Waals surface area contributed by atoms with E-state index in [2.05, 4.69) is 25.6 Å². The SMILES string of the molecule is I.NC(=NCCc1cn2c(n1)CCCC2)N1CCOCC1. The van der Waals surface area contributed by atoms with Crippen LogP contribution in [0.3, 0.4) is 0 Å². The molecular weight excluding hydrogens is 381 g/mol. The number of imidazole rings is 1. The van der Waals surface area contributed by atoms with Crippen LogP contribution >= 0.6 is 24.0 Å². The second-order valence-corrected chi connectivity index (χ2v) is 5.39. The quantitative estimate of drug-likeness (QED) is 0.464. The largest absolute Gasteiger partial charge is 0.378 e. The third-order valence-corrected chi connectivity index (χ3v) is 3.94. The van der Waals surface area contributed by atoms with Gasteiger partial charge in [-0.15, -0.1) is 24.0 Å². The molecule has 1 saturated heterocycles. The smallest absolute Gasteiger partial charge is 0.191 e. The Morgan fingerprint density at radius 3 is 2.86 bits per heavy atom. The second kappa shape index (κ2) is 7.98. The molecule has 0 amide bonds. The molecule has 3 rings (SSSR count). The highest BCUT2D eigenvalue weighted by Gasteiger charge is 2.13. The number of nitrogens with two attached hydrogens (primary N) is 1. The molecule has 7 heteroatoms. The molecule has 0 bridgehead atoms. The number of hydrogen-bond acceptors (Lipinski definition) is 3. The molecule has 21 heavy (non-hydrogen) atoms. The van der Waals surface area contributed by atoms with Gasteiger partial charge < -0.3 is 19.9 Å². The lowest BCUT2D eigenvalue weighted by atomic mass is 10.2. The van der Waals surface area contributed by atoms with Gasteiger partial charge in [0, 0.05) is 45.2 Å². The summed E-state index contributed by atoms with van der Waals surface area (Å²) >= 11 is 0. The summed E-state index contributed by atoms with van der Waals surface area (Å²) in [6.45, 7) is 4.98. The van der Waals surface area contributed by atoms with E-state index in [1.807, 2.05) is 0 Å². The van der Waals surface area contributed by atoms with Gasteiger partial charge in [-0.05, 0) is 12.8 Å². The topological polar surface area (TPSA) is 68.7 Å². The third-order valence-electron chi connectivity index (χ3n) is 3.94. The van der Waals surface area contributed by atoms with E-state index in [-0.39, 0.29) is 24.0 Å². The number of guanidine groups is 1. The molecule has 3 heterocycles. The fraction of sp³-hybridized carbons (Fsp3) is 0.714. The number of morpholine rings is 1. The molecule has 118 valence electrons. The maximum Gasteiger partial charge on any atom is 0.191 e. The van der Waals surface area contributed by atoms with Crippen molar-refractivity contribution in [2.75, 3.05) is 32.8 Å². The Balaban J connectivity index is 0.00000161. The molecule has 1 aromatic heterocycles. The summed E-state index contributed by atoms with van der Waals surface area (Å²) in [5.74, 6) is 1.87. The normalized spacial score (nSPS) is 19.0.